The van der Waals surface area contributed by atoms with Gasteiger partial charge in [-0.2, -0.15) is 13.2 Å². The molecule has 0 aliphatic carbocycles. The van der Waals surface area contributed by atoms with Crippen molar-refractivity contribution in [3.05, 3.63) is 0 Å². The zero-order valence-electron chi connectivity index (χ0n) is 11.4. The van der Waals surface area contributed by atoms with E-state index in [1.54, 1.807) is 0 Å². The lowest BCUT2D eigenvalue weighted by Gasteiger charge is -2.34. The van der Waals surface area contributed by atoms with E-state index >= 15 is 0 Å². The second kappa shape index (κ2) is 7.06. The first-order valence-electron chi connectivity index (χ1n) is 6.51. The highest BCUT2D eigenvalue weighted by Gasteiger charge is 2.43. The number of sulfonamides is 1. The van der Waals surface area contributed by atoms with Gasteiger partial charge in [-0.3, -0.25) is 0 Å². The molecule has 0 saturated carbocycles. The van der Waals surface area contributed by atoms with Gasteiger partial charge in [-0.15, -0.1) is 0 Å². The van der Waals surface area contributed by atoms with Crippen LogP contribution in [0.1, 0.15) is 19.3 Å². The first-order chi connectivity index (χ1) is 9.09. The summed E-state index contributed by atoms with van der Waals surface area (Å²) in [6, 6.07) is 0. The van der Waals surface area contributed by atoms with E-state index in [-0.39, 0.29) is 0 Å². The van der Waals surface area contributed by atoms with E-state index in [1.165, 1.54) is 0 Å². The van der Waals surface area contributed by atoms with E-state index < -0.39 is 28.2 Å². The van der Waals surface area contributed by atoms with Crippen molar-refractivity contribution in [3.63, 3.8) is 0 Å². The van der Waals surface area contributed by atoms with Crippen molar-refractivity contribution >= 4 is 10.0 Å². The predicted octanol–water partition coefficient (Wildman–Crippen LogP) is 0.561. The molecule has 0 aromatic carbocycles. The molecule has 1 aliphatic heterocycles. The van der Waals surface area contributed by atoms with E-state index in [0.717, 1.165) is 6.26 Å². The van der Waals surface area contributed by atoms with E-state index in [9.17, 15) is 26.7 Å². The molecule has 0 aromatic rings. The number of nitrogens with one attached hydrogen (secondary N) is 1. The van der Waals surface area contributed by atoms with Gasteiger partial charge < -0.3 is 10.0 Å². The Bertz CT molecular complexity index is 392. The van der Waals surface area contributed by atoms with E-state index in [2.05, 4.69) is 4.72 Å². The monoisotopic (exact) mass is 318 g/mol. The van der Waals surface area contributed by atoms with Crippen molar-refractivity contribution in [3.8, 4) is 0 Å². The third-order valence-electron chi connectivity index (χ3n) is 3.43. The van der Waals surface area contributed by atoms with Crippen molar-refractivity contribution in [2.24, 2.45) is 5.92 Å². The third-order valence-corrected chi connectivity index (χ3v) is 4.16. The Balaban J connectivity index is 2.23. The number of nitrogens with zero attached hydrogens (tertiary/aromatic N) is 1. The molecule has 1 fully saturated rings. The summed E-state index contributed by atoms with van der Waals surface area (Å²) in [5.41, 5.74) is 0. The predicted molar refractivity (Wildman–Crippen MR) is 68.7 cm³/mol. The van der Waals surface area contributed by atoms with Gasteiger partial charge in [0.1, 0.15) is 0 Å². The molecule has 1 saturated heterocycles. The van der Waals surface area contributed by atoms with Crippen molar-refractivity contribution in [2.45, 2.75) is 31.5 Å². The first-order valence-corrected chi connectivity index (χ1v) is 8.40. The van der Waals surface area contributed by atoms with Gasteiger partial charge in [-0.1, -0.05) is 0 Å². The van der Waals surface area contributed by atoms with Crippen LogP contribution in [0.3, 0.4) is 0 Å². The Kier molecular flexibility index (Phi) is 6.24. The molecule has 120 valence electrons. The lowest BCUT2D eigenvalue weighted by atomic mass is 9.91. The van der Waals surface area contributed by atoms with Crippen LogP contribution in [0.15, 0.2) is 0 Å². The number of hydrogen-bond acceptors (Lipinski definition) is 4. The highest BCUT2D eigenvalue weighted by molar-refractivity contribution is 7.88. The smallest absolute Gasteiger partial charge is 0.383 e. The minimum absolute atomic E-state index is 0.306. The largest absolute Gasteiger partial charge is 0.414 e. The zero-order valence-corrected chi connectivity index (χ0v) is 12.2. The lowest BCUT2D eigenvalue weighted by Crippen LogP contribution is -2.43. The molecule has 0 amide bonds. The van der Waals surface area contributed by atoms with Crippen LogP contribution in [0.25, 0.3) is 0 Å². The molecule has 1 heterocycles. The molecule has 20 heavy (non-hydrogen) atoms. The van der Waals surface area contributed by atoms with Crippen LogP contribution in [0, 0.1) is 5.92 Å². The van der Waals surface area contributed by atoms with E-state index in [1.807, 2.05) is 4.90 Å². The number of piperidine rings is 1. The number of halogens is 3. The molecule has 1 unspecified atom stereocenters. The van der Waals surface area contributed by atoms with Crippen LogP contribution < -0.4 is 4.72 Å². The van der Waals surface area contributed by atoms with Gasteiger partial charge in [-0.25, -0.2) is 13.1 Å². The molecule has 0 spiro atoms. The maximum Gasteiger partial charge on any atom is 0.414 e. The molecule has 0 bridgehead atoms. The number of rotatable bonds is 6. The maximum atomic E-state index is 12.4. The topological polar surface area (TPSA) is 69.6 Å². The second-order valence-corrected chi connectivity index (χ2v) is 7.02. The zero-order chi connectivity index (χ0) is 15.4. The SMILES string of the molecule is CS(=O)(=O)NCCCN1CCC(C(O)C(F)(F)F)CC1. The molecule has 5 nitrogen and oxygen atoms in total. The number of aliphatic hydroxyl groups excluding tert-OH is 1. The Hall–Kier alpha value is -0.380. The molecular formula is C11H21F3N2O3S. The van der Waals surface area contributed by atoms with E-state index in [0.29, 0.717) is 45.4 Å². The van der Waals surface area contributed by atoms with Gasteiger partial charge in [0.15, 0.2) is 6.10 Å². The molecular weight excluding hydrogens is 297 g/mol. The molecule has 0 aromatic heterocycles. The summed E-state index contributed by atoms with van der Waals surface area (Å²) in [7, 11) is -3.19. The number of aliphatic hydroxyl groups is 1. The Labute approximate surface area is 117 Å². The average Bonchev–Trinajstić information content (AvgIpc) is 2.32. The lowest BCUT2D eigenvalue weighted by molar-refractivity contribution is -0.223. The standard InChI is InChI=1S/C11H21F3N2O3S/c1-20(18,19)15-5-2-6-16-7-3-9(4-8-16)10(17)11(12,13)14/h9-10,15,17H,2-8H2,1H3. The molecule has 1 atom stereocenters. The summed E-state index contributed by atoms with van der Waals surface area (Å²) in [5, 5.41) is 9.18. The summed E-state index contributed by atoms with van der Waals surface area (Å²) in [4.78, 5) is 1.99. The fourth-order valence-corrected chi connectivity index (χ4v) is 2.83. The molecule has 9 heteroatoms. The average molecular weight is 318 g/mol. The number of alkyl halides is 3. The minimum Gasteiger partial charge on any atom is -0.383 e. The molecule has 1 rings (SSSR count). The summed E-state index contributed by atoms with van der Waals surface area (Å²) in [6.45, 7) is 1.95. The highest BCUT2D eigenvalue weighted by Crippen LogP contribution is 2.31. The second-order valence-electron chi connectivity index (χ2n) is 5.19. The highest BCUT2D eigenvalue weighted by atomic mass is 32.2. The third kappa shape index (κ3) is 6.38. The molecule has 2 N–H and O–H groups in total. The van der Waals surface area contributed by atoms with Gasteiger partial charge >= 0.3 is 6.18 Å². The van der Waals surface area contributed by atoms with Crippen LogP contribution in [-0.2, 0) is 10.0 Å². The van der Waals surface area contributed by atoms with Gasteiger partial charge in [0.2, 0.25) is 10.0 Å². The summed E-state index contributed by atoms with van der Waals surface area (Å²) in [5.74, 6) is -0.736. The fraction of sp³-hybridized carbons (Fsp3) is 1.00. The van der Waals surface area contributed by atoms with Gasteiger partial charge in [0.05, 0.1) is 6.26 Å². The molecule has 1 aliphatic rings. The van der Waals surface area contributed by atoms with E-state index in [4.69, 9.17) is 0 Å². The maximum absolute atomic E-state index is 12.4. The van der Waals surface area contributed by atoms with Crippen molar-refractivity contribution in [1.82, 2.24) is 9.62 Å². The summed E-state index contributed by atoms with van der Waals surface area (Å²) >= 11 is 0. The quantitative estimate of drug-likeness (QED) is 0.702. The Morgan fingerprint density at radius 3 is 2.35 bits per heavy atom. The van der Waals surface area contributed by atoms with Gasteiger partial charge in [0.25, 0.3) is 0 Å². The Morgan fingerprint density at radius 2 is 1.90 bits per heavy atom. The summed E-state index contributed by atoms with van der Waals surface area (Å²) < 4.78 is 61.1. The summed E-state index contributed by atoms with van der Waals surface area (Å²) in [6.07, 6.45) is -4.49. The number of likely N-dealkylation sites (tertiary alicyclic amines) is 1. The van der Waals surface area contributed by atoms with Crippen molar-refractivity contribution < 1.29 is 26.7 Å². The van der Waals surface area contributed by atoms with Crippen molar-refractivity contribution in [2.75, 3.05) is 32.4 Å². The van der Waals surface area contributed by atoms with Gasteiger partial charge in [0, 0.05) is 6.54 Å². The van der Waals surface area contributed by atoms with Crippen LogP contribution in [0.4, 0.5) is 13.2 Å². The Morgan fingerprint density at radius 1 is 1.35 bits per heavy atom. The van der Waals surface area contributed by atoms with Crippen LogP contribution >= 0.6 is 0 Å². The first kappa shape index (κ1) is 17.7. The van der Waals surface area contributed by atoms with Crippen LogP contribution in [0.5, 0.6) is 0 Å². The van der Waals surface area contributed by atoms with Gasteiger partial charge in [-0.05, 0) is 44.8 Å². The fourth-order valence-electron chi connectivity index (χ4n) is 2.32. The normalized spacial score (nSPS) is 21.1. The molecule has 0 radical (unpaired) electrons. The van der Waals surface area contributed by atoms with Crippen LogP contribution in [0.2, 0.25) is 0 Å². The van der Waals surface area contributed by atoms with Crippen molar-refractivity contribution in [1.29, 1.82) is 0 Å². The van der Waals surface area contributed by atoms with Crippen LogP contribution in [-0.4, -0.2) is 63.1 Å². The number of hydrogen-bond donors (Lipinski definition) is 2. The minimum atomic E-state index is -4.55.